The smallest absolute Gasteiger partial charge is 0.0786 e. The Balaban J connectivity index is 3.93. The first-order valence-electron chi connectivity index (χ1n) is 9.05. The average molecular weight is 296 g/mol. The Labute approximate surface area is 133 Å². The number of hydroxylamine groups is 3. The van der Waals surface area contributed by atoms with Gasteiger partial charge in [0, 0.05) is 12.8 Å². The van der Waals surface area contributed by atoms with E-state index in [4.69, 9.17) is 0 Å². The molecule has 0 saturated heterocycles. The van der Waals surface area contributed by atoms with Crippen molar-refractivity contribution >= 4 is 0 Å². The highest BCUT2D eigenvalue weighted by Gasteiger charge is 2.14. The molecule has 0 aliphatic heterocycles. The summed E-state index contributed by atoms with van der Waals surface area (Å²) in [5, 5.41) is 12.8. The van der Waals surface area contributed by atoms with E-state index in [1.54, 1.807) is 0 Å². The highest BCUT2D eigenvalue weighted by atomic mass is 16.5. The van der Waals surface area contributed by atoms with Gasteiger partial charge in [0.25, 0.3) is 0 Å². The van der Waals surface area contributed by atoms with Crippen molar-refractivity contribution < 1.29 is 4.65 Å². The first-order valence-corrected chi connectivity index (χ1v) is 9.05. The quantitative estimate of drug-likeness (QED) is 0.167. The lowest BCUT2D eigenvalue weighted by Gasteiger charge is -2.43. The van der Waals surface area contributed by atoms with Crippen LogP contribution >= 0.6 is 0 Å². The van der Waals surface area contributed by atoms with Gasteiger partial charge in [-0.25, -0.2) is 0 Å². The molecule has 0 atom stereocenters. The number of unbranched alkanes of at least 4 members (excludes halogenated alkanes) is 4. The number of nitrogens with zero attached hydrogens (tertiary/aromatic N) is 1. The molecule has 0 amide bonds. The maximum absolute atomic E-state index is 12.8. The van der Waals surface area contributed by atoms with Crippen molar-refractivity contribution in [2.24, 2.45) is 0 Å². The molecule has 21 heavy (non-hydrogen) atoms. The first kappa shape index (κ1) is 20.4. The Morgan fingerprint density at radius 2 is 1.05 bits per heavy atom. The summed E-state index contributed by atoms with van der Waals surface area (Å²) in [7, 11) is 0. The molecular weight excluding hydrogens is 258 g/mol. The van der Waals surface area contributed by atoms with Crippen molar-refractivity contribution in [3.63, 3.8) is 0 Å². The molecule has 0 saturated carbocycles. The van der Waals surface area contributed by atoms with Gasteiger partial charge in [-0.1, -0.05) is 57.9 Å². The van der Waals surface area contributed by atoms with Crippen LogP contribution in [0.1, 0.15) is 78.6 Å². The third kappa shape index (κ3) is 12.8. The number of rotatable bonds is 14. The van der Waals surface area contributed by atoms with E-state index < -0.39 is 0 Å². The van der Waals surface area contributed by atoms with Crippen molar-refractivity contribution in [2.45, 2.75) is 78.6 Å². The second kappa shape index (κ2) is 14.3. The molecule has 0 radical (unpaired) electrons. The van der Waals surface area contributed by atoms with E-state index in [-0.39, 0.29) is 4.65 Å². The molecule has 0 rings (SSSR count). The van der Waals surface area contributed by atoms with Gasteiger partial charge in [0.05, 0.1) is 19.6 Å². The minimum absolute atomic E-state index is 0.0136. The number of hydrogen-bond acceptors (Lipinski definition) is 1. The normalized spacial score (nSPS) is 12.8. The van der Waals surface area contributed by atoms with E-state index in [9.17, 15) is 5.21 Å². The molecule has 2 heteroatoms. The van der Waals surface area contributed by atoms with Crippen LogP contribution < -0.4 is 0 Å². The predicted octanol–water partition coefficient (Wildman–Crippen LogP) is 5.98. The lowest BCUT2D eigenvalue weighted by atomic mass is 10.2. The van der Waals surface area contributed by atoms with E-state index in [1.165, 1.54) is 12.8 Å². The van der Waals surface area contributed by atoms with E-state index in [0.717, 1.165) is 64.6 Å². The van der Waals surface area contributed by atoms with Crippen LogP contribution in [0.25, 0.3) is 0 Å². The van der Waals surface area contributed by atoms with Crippen LogP contribution in [0.2, 0.25) is 0 Å². The van der Waals surface area contributed by atoms with Gasteiger partial charge in [0.15, 0.2) is 0 Å². The monoisotopic (exact) mass is 295 g/mol. The summed E-state index contributed by atoms with van der Waals surface area (Å²) < 4.78 is 0.0136. The fourth-order valence-corrected chi connectivity index (χ4v) is 2.54. The van der Waals surface area contributed by atoms with Crippen molar-refractivity contribution in [3.8, 4) is 0 Å². The lowest BCUT2D eigenvalue weighted by molar-refractivity contribution is -0.881. The Bertz CT molecular complexity index is 249. The third-order valence-corrected chi connectivity index (χ3v) is 3.75. The van der Waals surface area contributed by atoms with Gasteiger partial charge in [0.1, 0.15) is 0 Å². The maximum atomic E-state index is 12.8. The van der Waals surface area contributed by atoms with Crippen LogP contribution in [-0.2, 0) is 0 Å². The van der Waals surface area contributed by atoms with Gasteiger partial charge in [-0.05, 0) is 32.1 Å². The van der Waals surface area contributed by atoms with Gasteiger partial charge in [0.2, 0.25) is 0 Å². The molecule has 0 aliphatic carbocycles. The topological polar surface area (TPSA) is 23.1 Å². The first-order chi connectivity index (χ1) is 10.2. The molecule has 0 aliphatic rings. The van der Waals surface area contributed by atoms with Crippen LogP contribution in [0.5, 0.6) is 0 Å². The number of quaternary nitrogens is 1. The Kier molecular flexibility index (Phi) is 13.9. The second-order valence-corrected chi connectivity index (χ2v) is 6.03. The molecular formula is C19H37NO. The summed E-state index contributed by atoms with van der Waals surface area (Å²) in [5.41, 5.74) is 0. The zero-order chi connectivity index (χ0) is 15.8. The summed E-state index contributed by atoms with van der Waals surface area (Å²) >= 11 is 0. The highest BCUT2D eigenvalue weighted by molar-refractivity contribution is 4.81. The number of hydrogen-bond donors (Lipinski definition) is 0. The van der Waals surface area contributed by atoms with E-state index in [2.05, 4.69) is 45.1 Å². The maximum Gasteiger partial charge on any atom is 0.0786 e. The summed E-state index contributed by atoms with van der Waals surface area (Å²) in [6.07, 6.45) is 18.9. The van der Waals surface area contributed by atoms with Crippen LogP contribution in [0.15, 0.2) is 24.3 Å². The van der Waals surface area contributed by atoms with Gasteiger partial charge in [-0.2, -0.15) is 0 Å². The summed E-state index contributed by atoms with van der Waals surface area (Å²) in [6.45, 7) is 8.84. The van der Waals surface area contributed by atoms with Gasteiger partial charge in [-0.3, -0.25) is 0 Å². The van der Waals surface area contributed by atoms with Crippen molar-refractivity contribution in [1.82, 2.24) is 0 Å². The Hall–Kier alpha value is -0.600. The van der Waals surface area contributed by atoms with Crippen LogP contribution in [0, 0.1) is 5.21 Å². The molecule has 0 N–H and O–H groups in total. The van der Waals surface area contributed by atoms with Crippen LogP contribution in [-0.4, -0.2) is 24.3 Å². The molecule has 0 aromatic heterocycles. The fourth-order valence-electron chi connectivity index (χ4n) is 2.54. The van der Waals surface area contributed by atoms with E-state index in [0.29, 0.717) is 0 Å². The minimum Gasteiger partial charge on any atom is -0.633 e. The zero-order valence-electron chi connectivity index (χ0n) is 14.7. The zero-order valence-corrected chi connectivity index (χ0v) is 14.7. The minimum atomic E-state index is 0.0136. The largest absolute Gasteiger partial charge is 0.633 e. The molecule has 0 aromatic carbocycles. The predicted molar refractivity (Wildman–Crippen MR) is 95.1 cm³/mol. The summed E-state index contributed by atoms with van der Waals surface area (Å²) in [5.74, 6) is 0. The number of allylic oxidation sites excluding steroid dienone is 4. The molecule has 0 unspecified atom stereocenters. The van der Waals surface area contributed by atoms with Gasteiger partial charge >= 0.3 is 0 Å². The van der Waals surface area contributed by atoms with E-state index >= 15 is 0 Å². The lowest BCUT2D eigenvalue weighted by Crippen LogP contribution is -2.44. The van der Waals surface area contributed by atoms with Gasteiger partial charge in [-0.15, -0.1) is 0 Å². The molecule has 0 heterocycles. The standard InChI is InChI=1S/C19H37NO/c1-4-7-9-11-13-15-18-20(21,17-6-3)19-16-14-12-10-8-5-2/h9-12H,4-8,13-19H2,1-3H3/b11-9+,12-10+. The molecule has 0 spiro atoms. The van der Waals surface area contributed by atoms with E-state index in [1.807, 2.05) is 0 Å². The molecule has 0 fully saturated rings. The fraction of sp³-hybridized carbons (Fsp3) is 0.789. The average Bonchev–Trinajstić information content (AvgIpc) is 2.47. The Morgan fingerprint density at radius 3 is 1.43 bits per heavy atom. The van der Waals surface area contributed by atoms with Crippen LogP contribution in [0.3, 0.4) is 0 Å². The van der Waals surface area contributed by atoms with Crippen LogP contribution in [0.4, 0.5) is 0 Å². The highest BCUT2D eigenvalue weighted by Crippen LogP contribution is 2.12. The molecule has 124 valence electrons. The Morgan fingerprint density at radius 1 is 0.619 bits per heavy atom. The second-order valence-electron chi connectivity index (χ2n) is 6.03. The summed E-state index contributed by atoms with van der Waals surface area (Å²) in [6, 6.07) is 0. The third-order valence-electron chi connectivity index (χ3n) is 3.75. The molecule has 2 nitrogen and oxygen atoms in total. The molecule has 0 aromatic rings. The molecule has 0 bridgehead atoms. The van der Waals surface area contributed by atoms with Crippen molar-refractivity contribution in [2.75, 3.05) is 19.6 Å². The van der Waals surface area contributed by atoms with Gasteiger partial charge < -0.3 is 9.85 Å². The SMILES string of the molecule is CCC/C=C/CCC[N+]([O-])(CCC)CCC/C=C/CCC. The van der Waals surface area contributed by atoms with Crippen molar-refractivity contribution in [1.29, 1.82) is 0 Å². The summed E-state index contributed by atoms with van der Waals surface area (Å²) in [4.78, 5) is 0. The van der Waals surface area contributed by atoms with Crippen molar-refractivity contribution in [3.05, 3.63) is 29.5 Å².